The van der Waals surface area contributed by atoms with Crippen LogP contribution in [0, 0.1) is 0 Å². The summed E-state index contributed by atoms with van der Waals surface area (Å²) in [4.78, 5) is 3.96. The number of halogens is 3. The standard InChI is InChI=1S/C14H15F3N2OS/c1-3-20-10-7-5-4-6-9(10)13-19-12(14(15,16)17)11(21-13)8-18-2/h4-7,18H,3,8H2,1-2H3. The fraction of sp³-hybridized carbons (Fsp3) is 0.357. The molecule has 3 nitrogen and oxygen atoms in total. The number of ether oxygens (including phenoxy) is 1. The average Bonchev–Trinajstić information content (AvgIpc) is 2.84. The molecular formula is C14H15F3N2OS. The first-order chi connectivity index (χ1) is 9.97. The van der Waals surface area contributed by atoms with Crippen molar-refractivity contribution in [1.82, 2.24) is 10.3 Å². The van der Waals surface area contributed by atoms with E-state index in [9.17, 15) is 13.2 Å². The van der Waals surface area contributed by atoms with Crippen molar-refractivity contribution in [3.05, 3.63) is 34.8 Å². The van der Waals surface area contributed by atoms with Crippen molar-refractivity contribution in [2.45, 2.75) is 19.6 Å². The zero-order chi connectivity index (χ0) is 15.5. The largest absolute Gasteiger partial charge is 0.493 e. The number of hydrogen-bond donors (Lipinski definition) is 1. The minimum atomic E-state index is -4.46. The van der Waals surface area contributed by atoms with E-state index in [0.717, 1.165) is 11.3 Å². The topological polar surface area (TPSA) is 34.1 Å². The number of hydrogen-bond acceptors (Lipinski definition) is 4. The Balaban J connectivity index is 2.50. The first-order valence-electron chi connectivity index (χ1n) is 6.41. The molecule has 1 heterocycles. The van der Waals surface area contributed by atoms with Crippen molar-refractivity contribution in [2.24, 2.45) is 0 Å². The predicted molar refractivity (Wildman–Crippen MR) is 76.5 cm³/mol. The molecule has 0 unspecified atom stereocenters. The third-order valence-electron chi connectivity index (χ3n) is 2.72. The van der Waals surface area contributed by atoms with E-state index < -0.39 is 11.9 Å². The van der Waals surface area contributed by atoms with Crippen LogP contribution in [0.25, 0.3) is 10.6 Å². The molecule has 0 fully saturated rings. The number of aromatic nitrogens is 1. The molecule has 0 spiro atoms. The maximum absolute atomic E-state index is 13.0. The molecule has 114 valence electrons. The summed E-state index contributed by atoms with van der Waals surface area (Å²) in [6.07, 6.45) is -4.46. The van der Waals surface area contributed by atoms with Crippen molar-refractivity contribution in [1.29, 1.82) is 0 Å². The molecular weight excluding hydrogens is 301 g/mol. The Morgan fingerprint density at radius 2 is 2.00 bits per heavy atom. The monoisotopic (exact) mass is 316 g/mol. The summed E-state index contributed by atoms with van der Waals surface area (Å²) in [5, 5.41) is 3.06. The van der Waals surface area contributed by atoms with Gasteiger partial charge in [-0.25, -0.2) is 4.98 Å². The summed E-state index contributed by atoms with van der Waals surface area (Å²) in [5.41, 5.74) is -0.250. The van der Waals surface area contributed by atoms with Gasteiger partial charge >= 0.3 is 6.18 Å². The molecule has 0 atom stereocenters. The van der Waals surface area contributed by atoms with Crippen molar-refractivity contribution in [2.75, 3.05) is 13.7 Å². The summed E-state index contributed by atoms with van der Waals surface area (Å²) in [6, 6.07) is 6.98. The molecule has 1 N–H and O–H groups in total. The van der Waals surface area contributed by atoms with Crippen LogP contribution in [0.1, 0.15) is 17.5 Å². The van der Waals surface area contributed by atoms with Gasteiger partial charge in [-0.15, -0.1) is 11.3 Å². The highest BCUT2D eigenvalue weighted by atomic mass is 32.1. The number of nitrogens with zero attached hydrogens (tertiary/aromatic N) is 1. The second-order valence-corrected chi connectivity index (χ2v) is 5.33. The number of alkyl halides is 3. The molecule has 2 aromatic rings. The van der Waals surface area contributed by atoms with Gasteiger partial charge in [-0.1, -0.05) is 12.1 Å². The van der Waals surface area contributed by atoms with Crippen molar-refractivity contribution >= 4 is 11.3 Å². The van der Waals surface area contributed by atoms with E-state index in [2.05, 4.69) is 10.3 Å². The second-order valence-electron chi connectivity index (χ2n) is 4.25. The van der Waals surface area contributed by atoms with E-state index in [0.29, 0.717) is 22.9 Å². The molecule has 0 saturated heterocycles. The highest BCUT2D eigenvalue weighted by Crippen LogP contribution is 2.40. The Morgan fingerprint density at radius 1 is 1.29 bits per heavy atom. The zero-order valence-electron chi connectivity index (χ0n) is 11.6. The van der Waals surface area contributed by atoms with Gasteiger partial charge in [0.1, 0.15) is 10.8 Å². The van der Waals surface area contributed by atoms with Crippen LogP contribution in [0.3, 0.4) is 0 Å². The van der Waals surface area contributed by atoms with E-state index >= 15 is 0 Å². The van der Waals surface area contributed by atoms with Gasteiger partial charge in [0.05, 0.1) is 17.0 Å². The van der Waals surface area contributed by atoms with Gasteiger partial charge in [0.25, 0.3) is 0 Å². The lowest BCUT2D eigenvalue weighted by molar-refractivity contribution is -0.141. The second kappa shape index (κ2) is 6.44. The molecule has 0 aliphatic heterocycles. The molecule has 21 heavy (non-hydrogen) atoms. The van der Waals surface area contributed by atoms with Crippen LogP contribution in [0.5, 0.6) is 5.75 Å². The molecule has 1 aromatic heterocycles. The van der Waals surface area contributed by atoms with Gasteiger partial charge in [0, 0.05) is 6.54 Å². The van der Waals surface area contributed by atoms with Crippen LogP contribution >= 0.6 is 11.3 Å². The molecule has 0 bridgehead atoms. The van der Waals surface area contributed by atoms with Crippen LogP contribution in [-0.2, 0) is 12.7 Å². The van der Waals surface area contributed by atoms with Gasteiger partial charge in [-0.3, -0.25) is 0 Å². The Hall–Kier alpha value is -1.60. The number of rotatable bonds is 5. The lowest BCUT2D eigenvalue weighted by Crippen LogP contribution is -2.12. The van der Waals surface area contributed by atoms with E-state index in [-0.39, 0.29) is 11.4 Å². The zero-order valence-corrected chi connectivity index (χ0v) is 12.4. The fourth-order valence-corrected chi connectivity index (χ4v) is 3.02. The first-order valence-corrected chi connectivity index (χ1v) is 7.22. The number of thiazole rings is 1. The molecule has 0 aliphatic carbocycles. The SMILES string of the molecule is CCOc1ccccc1-c1nc(C(F)(F)F)c(CNC)s1. The van der Waals surface area contributed by atoms with Crippen molar-refractivity contribution in [3.8, 4) is 16.3 Å². The van der Waals surface area contributed by atoms with Gasteiger partial charge in [0.15, 0.2) is 5.69 Å². The Bertz CT molecular complexity index is 611. The minimum absolute atomic E-state index is 0.128. The van der Waals surface area contributed by atoms with E-state index in [1.807, 2.05) is 6.92 Å². The molecule has 7 heteroatoms. The van der Waals surface area contributed by atoms with E-state index in [4.69, 9.17) is 4.74 Å². The molecule has 2 rings (SSSR count). The Labute approximate surface area is 124 Å². The molecule has 0 radical (unpaired) electrons. The normalized spacial score (nSPS) is 11.7. The maximum atomic E-state index is 13.0. The summed E-state index contributed by atoms with van der Waals surface area (Å²) in [7, 11) is 1.60. The molecule has 0 amide bonds. The van der Waals surface area contributed by atoms with Crippen LogP contribution in [0.4, 0.5) is 13.2 Å². The summed E-state index contributed by atoms with van der Waals surface area (Å²) >= 11 is 1.03. The molecule has 0 saturated carbocycles. The highest BCUT2D eigenvalue weighted by Gasteiger charge is 2.37. The summed E-state index contributed by atoms with van der Waals surface area (Å²) in [6.45, 7) is 2.40. The van der Waals surface area contributed by atoms with Gasteiger partial charge in [-0.05, 0) is 26.1 Å². The maximum Gasteiger partial charge on any atom is 0.434 e. The Kier molecular flexibility index (Phi) is 4.84. The van der Waals surface area contributed by atoms with Crippen molar-refractivity contribution < 1.29 is 17.9 Å². The van der Waals surface area contributed by atoms with E-state index in [1.165, 1.54) is 0 Å². The lowest BCUT2D eigenvalue weighted by Gasteiger charge is -2.07. The summed E-state index contributed by atoms with van der Waals surface area (Å²) < 4.78 is 44.6. The van der Waals surface area contributed by atoms with Crippen LogP contribution in [-0.4, -0.2) is 18.6 Å². The van der Waals surface area contributed by atoms with Crippen LogP contribution in [0.2, 0.25) is 0 Å². The van der Waals surface area contributed by atoms with Gasteiger partial charge in [-0.2, -0.15) is 13.2 Å². The first kappa shape index (κ1) is 15.8. The number of para-hydroxylation sites is 1. The van der Waals surface area contributed by atoms with Crippen molar-refractivity contribution in [3.63, 3.8) is 0 Å². The smallest absolute Gasteiger partial charge is 0.434 e. The lowest BCUT2D eigenvalue weighted by atomic mass is 10.2. The average molecular weight is 316 g/mol. The van der Waals surface area contributed by atoms with Gasteiger partial charge < -0.3 is 10.1 Å². The third kappa shape index (κ3) is 3.54. The van der Waals surface area contributed by atoms with Gasteiger partial charge in [0.2, 0.25) is 0 Å². The predicted octanol–water partition coefficient (Wildman–Crippen LogP) is 3.95. The highest BCUT2D eigenvalue weighted by molar-refractivity contribution is 7.15. The quantitative estimate of drug-likeness (QED) is 0.907. The number of nitrogens with one attached hydrogen (secondary N) is 1. The third-order valence-corrected chi connectivity index (χ3v) is 3.81. The summed E-state index contributed by atoms with van der Waals surface area (Å²) in [5.74, 6) is 0.540. The Morgan fingerprint density at radius 3 is 2.62 bits per heavy atom. The van der Waals surface area contributed by atoms with Crippen LogP contribution in [0.15, 0.2) is 24.3 Å². The number of benzene rings is 1. The molecule has 0 aliphatic rings. The van der Waals surface area contributed by atoms with Crippen LogP contribution < -0.4 is 10.1 Å². The molecule has 1 aromatic carbocycles. The van der Waals surface area contributed by atoms with E-state index in [1.54, 1.807) is 31.3 Å². The fourth-order valence-electron chi connectivity index (χ4n) is 1.89. The minimum Gasteiger partial charge on any atom is -0.493 e.